The number of aromatic carboxylic acids is 1. The summed E-state index contributed by atoms with van der Waals surface area (Å²) in [4.78, 5) is 15.0. The molecule has 0 amide bonds. The number of benzene rings is 1. The molecule has 1 aromatic heterocycles. The molecule has 0 saturated heterocycles. The van der Waals surface area contributed by atoms with E-state index in [0.717, 1.165) is 17.8 Å². The predicted octanol–water partition coefficient (Wildman–Crippen LogP) is 2.94. The summed E-state index contributed by atoms with van der Waals surface area (Å²) in [6.45, 7) is 0. The van der Waals surface area contributed by atoms with Crippen LogP contribution in [-0.4, -0.2) is 16.1 Å². The minimum atomic E-state index is -1.12. The Morgan fingerprint density at radius 2 is 2.16 bits per heavy atom. The lowest BCUT2D eigenvalue weighted by Gasteiger charge is -2.04. The quantitative estimate of drug-likeness (QED) is 0.931. The Bertz CT molecular complexity index is 683. The lowest BCUT2D eigenvalue weighted by atomic mass is 10.2. The van der Waals surface area contributed by atoms with E-state index >= 15 is 0 Å². The van der Waals surface area contributed by atoms with Gasteiger partial charge in [-0.2, -0.15) is 5.26 Å². The maximum atomic E-state index is 13.6. The molecule has 1 N–H and O–H groups in total. The van der Waals surface area contributed by atoms with Gasteiger partial charge in [-0.05, 0) is 30.3 Å². The molecule has 2 aromatic rings. The van der Waals surface area contributed by atoms with Crippen LogP contribution in [0.5, 0.6) is 0 Å². The van der Waals surface area contributed by atoms with E-state index < -0.39 is 11.8 Å². The lowest BCUT2D eigenvalue weighted by molar-refractivity contribution is 0.0696. The monoisotopic (exact) mass is 274 g/mol. The van der Waals surface area contributed by atoms with Gasteiger partial charge in [-0.25, -0.2) is 14.2 Å². The number of rotatable bonds is 3. The summed E-state index contributed by atoms with van der Waals surface area (Å²) in [6.07, 6.45) is 0. The Morgan fingerprint density at radius 1 is 1.37 bits per heavy atom. The highest BCUT2D eigenvalue weighted by Gasteiger charge is 2.10. The first kappa shape index (κ1) is 13.1. The van der Waals surface area contributed by atoms with Crippen LogP contribution in [0.15, 0.2) is 46.3 Å². The van der Waals surface area contributed by atoms with Crippen LogP contribution < -0.4 is 0 Å². The number of nitrogens with zero attached hydrogens (tertiary/aromatic N) is 2. The molecule has 0 saturated carbocycles. The number of aromatic nitrogens is 1. The molecule has 0 unspecified atom stereocenters. The second kappa shape index (κ2) is 5.50. The molecule has 0 radical (unpaired) electrons. The van der Waals surface area contributed by atoms with Crippen molar-refractivity contribution in [1.29, 1.82) is 5.26 Å². The van der Waals surface area contributed by atoms with Gasteiger partial charge < -0.3 is 5.11 Å². The normalized spacial score (nSPS) is 9.89. The van der Waals surface area contributed by atoms with E-state index in [0.29, 0.717) is 5.03 Å². The largest absolute Gasteiger partial charge is 0.478 e. The Labute approximate surface area is 112 Å². The Hall–Kier alpha value is -2.39. The van der Waals surface area contributed by atoms with Gasteiger partial charge in [0.15, 0.2) is 0 Å². The molecule has 0 fully saturated rings. The van der Waals surface area contributed by atoms with E-state index in [1.165, 1.54) is 18.2 Å². The Kier molecular flexibility index (Phi) is 3.78. The highest BCUT2D eigenvalue weighted by molar-refractivity contribution is 7.99. The first-order valence-corrected chi connectivity index (χ1v) is 5.99. The summed E-state index contributed by atoms with van der Waals surface area (Å²) >= 11 is 0.975. The van der Waals surface area contributed by atoms with Gasteiger partial charge in [0.05, 0.1) is 10.5 Å². The molecule has 0 bridgehead atoms. The summed E-state index contributed by atoms with van der Waals surface area (Å²) in [6, 6.07) is 10.2. The first-order chi connectivity index (χ1) is 9.10. The number of carboxylic acids is 1. The highest BCUT2D eigenvalue weighted by Crippen LogP contribution is 2.29. The van der Waals surface area contributed by atoms with Crippen LogP contribution in [0.3, 0.4) is 0 Å². The van der Waals surface area contributed by atoms with Crippen molar-refractivity contribution in [2.75, 3.05) is 0 Å². The van der Waals surface area contributed by atoms with Crippen molar-refractivity contribution in [2.45, 2.75) is 9.92 Å². The number of carbonyl (C=O) groups is 1. The van der Waals surface area contributed by atoms with Crippen LogP contribution in [0.2, 0.25) is 0 Å². The van der Waals surface area contributed by atoms with Gasteiger partial charge in [-0.15, -0.1) is 0 Å². The standard InChI is InChI=1S/C13H7FN2O2S/c14-10-5-4-8(13(17)18)6-11(10)19-12-3-1-2-9(7-15)16-12/h1-6H,(H,17,18). The zero-order chi connectivity index (χ0) is 13.8. The first-order valence-electron chi connectivity index (χ1n) is 5.18. The maximum Gasteiger partial charge on any atom is 0.335 e. The van der Waals surface area contributed by atoms with Crippen molar-refractivity contribution >= 4 is 17.7 Å². The molecular formula is C13H7FN2O2S. The van der Waals surface area contributed by atoms with E-state index in [2.05, 4.69) is 4.98 Å². The number of nitriles is 1. The summed E-state index contributed by atoms with van der Waals surface area (Å²) in [5, 5.41) is 18.0. The zero-order valence-corrected chi connectivity index (χ0v) is 10.3. The molecule has 2 rings (SSSR count). The van der Waals surface area contributed by atoms with Crippen LogP contribution in [0.4, 0.5) is 4.39 Å². The molecule has 1 heterocycles. The molecular weight excluding hydrogens is 267 g/mol. The fraction of sp³-hybridized carbons (Fsp3) is 0. The van der Waals surface area contributed by atoms with E-state index in [4.69, 9.17) is 10.4 Å². The van der Waals surface area contributed by atoms with Crippen molar-refractivity contribution in [2.24, 2.45) is 0 Å². The molecule has 0 aliphatic rings. The van der Waals surface area contributed by atoms with Crippen LogP contribution in [-0.2, 0) is 0 Å². The van der Waals surface area contributed by atoms with Gasteiger partial charge in [0.2, 0.25) is 0 Å². The SMILES string of the molecule is N#Cc1cccc(Sc2cc(C(=O)O)ccc2F)n1. The topological polar surface area (TPSA) is 74.0 Å². The van der Waals surface area contributed by atoms with Crippen molar-refractivity contribution in [3.63, 3.8) is 0 Å². The van der Waals surface area contributed by atoms with Gasteiger partial charge in [-0.3, -0.25) is 0 Å². The third kappa shape index (κ3) is 3.09. The number of hydrogen-bond acceptors (Lipinski definition) is 4. The smallest absolute Gasteiger partial charge is 0.335 e. The van der Waals surface area contributed by atoms with Crippen LogP contribution in [0.1, 0.15) is 16.1 Å². The van der Waals surface area contributed by atoms with Crippen molar-refractivity contribution < 1.29 is 14.3 Å². The summed E-state index contributed by atoms with van der Waals surface area (Å²) in [5.41, 5.74) is 0.222. The Balaban J connectivity index is 2.34. The molecule has 1 aromatic carbocycles. The van der Waals surface area contributed by atoms with E-state index in [-0.39, 0.29) is 16.2 Å². The average molecular weight is 274 g/mol. The summed E-state index contributed by atoms with van der Waals surface area (Å²) < 4.78 is 13.6. The van der Waals surface area contributed by atoms with Crippen LogP contribution in [0, 0.1) is 17.1 Å². The third-order valence-corrected chi connectivity index (χ3v) is 3.20. The lowest BCUT2D eigenvalue weighted by Crippen LogP contribution is -1.97. The van der Waals surface area contributed by atoms with E-state index in [1.807, 2.05) is 6.07 Å². The molecule has 0 atom stereocenters. The van der Waals surface area contributed by atoms with Gasteiger partial charge in [0, 0.05) is 0 Å². The van der Waals surface area contributed by atoms with Crippen LogP contribution in [0.25, 0.3) is 0 Å². The molecule has 0 aliphatic heterocycles. The van der Waals surface area contributed by atoms with Gasteiger partial charge >= 0.3 is 5.97 Å². The van der Waals surface area contributed by atoms with Gasteiger partial charge in [-0.1, -0.05) is 17.8 Å². The minimum absolute atomic E-state index is 0.000313. The summed E-state index contributed by atoms with van der Waals surface area (Å²) in [5.74, 6) is -1.65. The molecule has 94 valence electrons. The van der Waals surface area contributed by atoms with Crippen molar-refractivity contribution in [3.8, 4) is 6.07 Å². The maximum absolute atomic E-state index is 13.6. The number of carboxylic acid groups (broad SMARTS) is 1. The average Bonchev–Trinajstić information content (AvgIpc) is 2.41. The molecule has 0 spiro atoms. The van der Waals surface area contributed by atoms with Crippen molar-refractivity contribution in [1.82, 2.24) is 4.98 Å². The van der Waals surface area contributed by atoms with Crippen molar-refractivity contribution in [3.05, 3.63) is 53.5 Å². The van der Waals surface area contributed by atoms with Crippen LogP contribution >= 0.6 is 11.8 Å². The van der Waals surface area contributed by atoms with Gasteiger partial charge in [0.25, 0.3) is 0 Å². The number of pyridine rings is 1. The fourth-order valence-corrected chi connectivity index (χ4v) is 2.23. The highest BCUT2D eigenvalue weighted by atomic mass is 32.2. The minimum Gasteiger partial charge on any atom is -0.478 e. The van der Waals surface area contributed by atoms with E-state index in [9.17, 15) is 9.18 Å². The molecule has 6 heteroatoms. The molecule has 19 heavy (non-hydrogen) atoms. The molecule has 0 aliphatic carbocycles. The third-order valence-electron chi connectivity index (χ3n) is 2.23. The molecule has 4 nitrogen and oxygen atoms in total. The fourth-order valence-electron chi connectivity index (χ4n) is 1.36. The second-order valence-corrected chi connectivity index (χ2v) is 4.59. The second-order valence-electron chi connectivity index (χ2n) is 3.53. The zero-order valence-electron chi connectivity index (χ0n) is 9.50. The number of hydrogen-bond donors (Lipinski definition) is 1. The predicted molar refractivity (Wildman–Crippen MR) is 66.4 cm³/mol. The Morgan fingerprint density at radius 3 is 2.84 bits per heavy atom. The van der Waals surface area contributed by atoms with E-state index in [1.54, 1.807) is 12.1 Å². The summed E-state index contributed by atoms with van der Waals surface area (Å²) in [7, 11) is 0. The van der Waals surface area contributed by atoms with Gasteiger partial charge in [0.1, 0.15) is 22.6 Å². The number of halogens is 1.